The zero-order valence-electron chi connectivity index (χ0n) is 17.2. The van der Waals surface area contributed by atoms with Crippen LogP contribution in [-0.2, 0) is 11.3 Å². The van der Waals surface area contributed by atoms with Crippen molar-refractivity contribution in [1.82, 2.24) is 9.97 Å². The fourth-order valence-electron chi connectivity index (χ4n) is 3.31. The first-order valence-electron chi connectivity index (χ1n) is 9.92. The Morgan fingerprint density at radius 3 is 2.61 bits per heavy atom. The van der Waals surface area contributed by atoms with Crippen LogP contribution in [0.25, 0.3) is 10.9 Å². The Labute approximate surface area is 184 Å². The highest BCUT2D eigenvalue weighted by Crippen LogP contribution is 2.30. The molecule has 0 fully saturated rings. The first-order valence-corrected chi connectivity index (χ1v) is 10.7. The fourth-order valence-corrected chi connectivity index (χ4v) is 4.27. The summed E-state index contributed by atoms with van der Waals surface area (Å²) in [5.74, 6) is -0.628. The Bertz CT molecular complexity index is 1230. The monoisotopic (exact) mass is 431 g/mol. The van der Waals surface area contributed by atoms with E-state index < -0.39 is 5.97 Å². The molecule has 2 heterocycles. The molecule has 0 radical (unpaired) electrons. The number of pyridine rings is 1. The van der Waals surface area contributed by atoms with Crippen LogP contribution in [0.3, 0.4) is 0 Å². The molecular formula is C24H21N3O3S. The molecule has 0 aliphatic carbocycles. The third-order valence-electron chi connectivity index (χ3n) is 4.78. The number of benzene rings is 2. The van der Waals surface area contributed by atoms with Gasteiger partial charge in [0.2, 0.25) is 0 Å². The number of esters is 1. The van der Waals surface area contributed by atoms with E-state index in [2.05, 4.69) is 9.97 Å². The van der Waals surface area contributed by atoms with E-state index in [0.717, 1.165) is 16.5 Å². The van der Waals surface area contributed by atoms with Crippen LogP contribution < -0.4 is 4.90 Å². The molecule has 7 heteroatoms. The molecular weight excluding hydrogens is 410 g/mol. The van der Waals surface area contributed by atoms with Gasteiger partial charge in [-0.2, -0.15) is 0 Å². The van der Waals surface area contributed by atoms with Crippen molar-refractivity contribution in [2.45, 2.75) is 20.4 Å². The summed E-state index contributed by atoms with van der Waals surface area (Å²) in [6.45, 7) is 4.11. The summed E-state index contributed by atoms with van der Waals surface area (Å²) in [5.41, 5.74) is 2.78. The van der Waals surface area contributed by atoms with Crippen LogP contribution >= 0.6 is 11.3 Å². The number of carbonyl (C=O) groups is 2. The number of thiazole rings is 1. The van der Waals surface area contributed by atoms with E-state index in [0.29, 0.717) is 27.8 Å². The second-order valence-corrected chi connectivity index (χ2v) is 7.86. The number of carbonyl (C=O) groups excluding carboxylic acids is 2. The van der Waals surface area contributed by atoms with Crippen molar-refractivity contribution in [3.63, 3.8) is 0 Å². The van der Waals surface area contributed by atoms with Crippen molar-refractivity contribution in [3.05, 3.63) is 88.6 Å². The Morgan fingerprint density at radius 1 is 1.03 bits per heavy atom. The standard InChI is InChI=1S/C24H21N3O3S/c1-3-30-23(29)21-16(2)26-24(31-21)27(15-17-9-5-4-6-10-17)22(28)19-11-7-13-20-18(19)12-8-14-25-20/h4-14H,3,15H2,1-2H3. The van der Waals surface area contributed by atoms with E-state index in [-0.39, 0.29) is 12.5 Å². The Hall–Kier alpha value is -3.58. The zero-order chi connectivity index (χ0) is 21.8. The molecule has 0 aliphatic rings. The lowest BCUT2D eigenvalue weighted by Crippen LogP contribution is -2.30. The molecule has 2 aromatic heterocycles. The highest BCUT2D eigenvalue weighted by Gasteiger charge is 2.26. The van der Waals surface area contributed by atoms with Gasteiger partial charge in [0.1, 0.15) is 4.88 Å². The van der Waals surface area contributed by atoms with Crippen LogP contribution in [0.2, 0.25) is 0 Å². The normalized spacial score (nSPS) is 10.8. The number of anilines is 1. The number of aryl methyl sites for hydroxylation is 1. The number of fused-ring (bicyclic) bond motifs is 1. The largest absolute Gasteiger partial charge is 0.462 e. The van der Waals surface area contributed by atoms with Gasteiger partial charge in [-0.25, -0.2) is 9.78 Å². The molecule has 4 aromatic rings. The number of ether oxygens (including phenoxy) is 1. The molecule has 0 atom stereocenters. The minimum absolute atomic E-state index is 0.202. The summed E-state index contributed by atoms with van der Waals surface area (Å²) >= 11 is 1.17. The summed E-state index contributed by atoms with van der Waals surface area (Å²) in [5, 5.41) is 1.22. The van der Waals surface area contributed by atoms with Gasteiger partial charge in [0.05, 0.1) is 24.4 Å². The van der Waals surface area contributed by atoms with Crippen LogP contribution in [0, 0.1) is 6.92 Å². The molecule has 156 valence electrons. The predicted molar refractivity (Wildman–Crippen MR) is 122 cm³/mol. The first-order chi connectivity index (χ1) is 15.1. The minimum Gasteiger partial charge on any atom is -0.462 e. The number of rotatable bonds is 6. The Kier molecular flexibility index (Phi) is 6.04. The molecule has 0 N–H and O–H groups in total. The summed E-state index contributed by atoms with van der Waals surface area (Å²) in [6.07, 6.45) is 1.70. The van der Waals surface area contributed by atoms with Gasteiger partial charge < -0.3 is 4.74 Å². The molecule has 2 aromatic carbocycles. The quantitative estimate of drug-likeness (QED) is 0.401. The third kappa shape index (κ3) is 4.32. The maximum absolute atomic E-state index is 13.7. The van der Waals surface area contributed by atoms with Crippen molar-refractivity contribution in [2.24, 2.45) is 0 Å². The average molecular weight is 432 g/mol. The minimum atomic E-state index is -0.426. The van der Waals surface area contributed by atoms with Gasteiger partial charge in [-0.1, -0.05) is 53.8 Å². The van der Waals surface area contributed by atoms with Crippen molar-refractivity contribution in [2.75, 3.05) is 11.5 Å². The molecule has 6 nitrogen and oxygen atoms in total. The van der Waals surface area contributed by atoms with Crippen LogP contribution in [0.1, 0.15) is 38.2 Å². The van der Waals surface area contributed by atoms with E-state index in [1.807, 2.05) is 54.6 Å². The van der Waals surface area contributed by atoms with E-state index in [4.69, 9.17) is 4.74 Å². The van der Waals surface area contributed by atoms with Crippen molar-refractivity contribution in [1.29, 1.82) is 0 Å². The first kappa shape index (κ1) is 20.7. The maximum Gasteiger partial charge on any atom is 0.350 e. The molecule has 0 saturated carbocycles. The third-order valence-corrected chi connectivity index (χ3v) is 5.94. The fraction of sp³-hybridized carbons (Fsp3) is 0.167. The lowest BCUT2D eigenvalue weighted by molar-refractivity contribution is 0.0531. The van der Waals surface area contributed by atoms with Crippen LogP contribution in [0.4, 0.5) is 5.13 Å². The summed E-state index contributed by atoms with van der Waals surface area (Å²) in [4.78, 5) is 37.0. The maximum atomic E-state index is 13.7. The molecule has 1 amide bonds. The lowest BCUT2D eigenvalue weighted by Gasteiger charge is -2.21. The van der Waals surface area contributed by atoms with Crippen LogP contribution in [-0.4, -0.2) is 28.5 Å². The molecule has 0 spiro atoms. The van der Waals surface area contributed by atoms with Gasteiger partial charge in [-0.05, 0) is 37.6 Å². The van der Waals surface area contributed by atoms with Crippen molar-refractivity contribution in [3.8, 4) is 0 Å². The molecule has 4 rings (SSSR count). The average Bonchev–Trinajstić information content (AvgIpc) is 3.19. The van der Waals surface area contributed by atoms with Crippen molar-refractivity contribution >= 4 is 39.2 Å². The topological polar surface area (TPSA) is 72.4 Å². The molecule has 0 saturated heterocycles. The zero-order valence-corrected chi connectivity index (χ0v) is 18.1. The summed E-state index contributed by atoms with van der Waals surface area (Å²) in [7, 11) is 0. The van der Waals surface area contributed by atoms with E-state index in [9.17, 15) is 9.59 Å². The van der Waals surface area contributed by atoms with Crippen LogP contribution in [0.5, 0.6) is 0 Å². The van der Waals surface area contributed by atoms with Gasteiger partial charge in [0.25, 0.3) is 5.91 Å². The number of amides is 1. The molecule has 0 unspecified atom stereocenters. The molecule has 0 bridgehead atoms. The number of nitrogens with zero attached hydrogens (tertiary/aromatic N) is 3. The van der Waals surface area contributed by atoms with Crippen molar-refractivity contribution < 1.29 is 14.3 Å². The second kappa shape index (κ2) is 9.06. The van der Waals surface area contributed by atoms with Gasteiger partial charge in [0, 0.05) is 17.1 Å². The SMILES string of the molecule is CCOC(=O)c1sc(N(Cc2ccccc2)C(=O)c2cccc3ncccc23)nc1C. The second-order valence-electron chi connectivity index (χ2n) is 6.88. The van der Waals surface area contributed by atoms with Gasteiger partial charge in [-0.3, -0.25) is 14.7 Å². The number of hydrogen-bond acceptors (Lipinski definition) is 6. The number of hydrogen-bond donors (Lipinski definition) is 0. The molecule has 31 heavy (non-hydrogen) atoms. The highest BCUT2D eigenvalue weighted by atomic mass is 32.1. The van der Waals surface area contributed by atoms with Crippen LogP contribution in [0.15, 0.2) is 66.9 Å². The predicted octanol–water partition coefficient (Wildman–Crippen LogP) is 5.02. The highest BCUT2D eigenvalue weighted by molar-refractivity contribution is 7.17. The Balaban J connectivity index is 1.79. The van der Waals surface area contributed by atoms with E-state index in [1.165, 1.54) is 11.3 Å². The van der Waals surface area contributed by atoms with Gasteiger partial charge in [-0.15, -0.1) is 0 Å². The van der Waals surface area contributed by atoms with E-state index >= 15 is 0 Å². The lowest BCUT2D eigenvalue weighted by atomic mass is 10.1. The van der Waals surface area contributed by atoms with E-state index in [1.54, 1.807) is 31.0 Å². The van der Waals surface area contributed by atoms with Gasteiger partial charge in [0.15, 0.2) is 5.13 Å². The molecule has 0 aliphatic heterocycles. The number of aromatic nitrogens is 2. The smallest absolute Gasteiger partial charge is 0.350 e. The Morgan fingerprint density at radius 2 is 1.84 bits per heavy atom. The van der Waals surface area contributed by atoms with Gasteiger partial charge >= 0.3 is 5.97 Å². The summed E-state index contributed by atoms with van der Waals surface area (Å²) in [6, 6.07) is 18.9. The summed E-state index contributed by atoms with van der Waals surface area (Å²) < 4.78 is 5.14.